The van der Waals surface area contributed by atoms with E-state index < -0.39 is 21.7 Å². The van der Waals surface area contributed by atoms with Gasteiger partial charge in [0.25, 0.3) is 0 Å². The van der Waals surface area contributed by atoms with Crippen LogP contribution in [0.25, 0.3) is 28.3 Å². The van der Waals surface area contributed by atoms with E-state index in [-0.39, 0.29) is 10.6 Å². The molecule has 0 fully saturated rings. The molecular formula is C20H14F3N3O3S. The highest BCUT2D eigenvalue weighted by atomic mass is 32.2. The van der Waals surface area contributed by atoms with Gasteiger partial charge in [-0.2, -0.15) is 18.3 Å². The zero-order chi connectivity index (χ0) is 21.5. The number of nitrogens with zero attached hydrogens (tertiary/aromatic N) is 3. The molecule has 2 heterocycles. The van der Waals surface area contributed by atoms with Crippen molar-refractivity contribution < 1.29 is 26.0 Å². The normalized spacial score (nSPS) is 12.3. The van der Waals surface area contributed by atoms with Gasteiger partial charge in [-0.15, -0.1) is 0 Å². The number of aromatic nitrogens is 3. The van der Waals surface area contributed by atoms with Crippen LogP contribution in [-0.2, 0) is 16.0 Å². The second-order valence-corrected chi connectivity index (χ2v) is 8.55. The lowest BCUT2D eigenvalue weighted by Gasteiger charge is -2.09. The van der Waals surface area contributed by atoms with Gasteiger partial charge in [0.1, 0.15) is 0 Å². The molecule has 4 aromatic rings. The first-order valence-corrected chi connectivity index (χ1v) is 10.5. The van der Waals surface area contributed by atoms with E-state index in [4.69, 9.17) is 4.42 Å². The fourth-order valence-electron chi connectivity index (χ4n) is 2.92. The molecule has 2 aromatic heterocycles. The maximum Gasteiger partial charge on any atom is 0.435 e. The summed E-state index contributed by atoms with van der Waals surface area (Å²) in [7, 11) is -3.43. The van der Waals surface area contributed by atoms with Crippen LogP contribution in [0.3, 0.4) is 0 Å². The van der Waals surface area contributed by atoms with E-state index in [0.717, 1.165) is 22.6 Å². The molecule has 4 rings (SSSR count). The van der Waals surface area contributed by atoms with Gasteiger partial charge in [-0.05, 0) is 30.3 Å². The predicted molar refractivity (Wildman–Crippen MR) is 103 cm³/mol. The van der Waals surface area contributed by atoms with Crippen molar-refractivity contribution in [2.24, 2.45) is 0 Å². The monoisotopic (exact) mass is 433 g/mol. The van der Waals surface area contributed by atoms with Crippen molar-refractivity contribution in [3.8, 4) is 28.3 Å². The first kappa shape index (κ1) is 19.9. The predicted octanol–water partition coefficient (Wildman–Crippen LogP) is 4.62. The summed E-state index contributed by atoms with van der Waals surface area (Å²) in [6.07, 6.45) is -0.760. The highest BCUT2D eigenvalue weighted by Crippen LogP contribution is 2.34. The first-order valence-electron chi connectivity index (χ1n) is 8.60. The maximum absolute atomic E-state index is 13.3. The topological polar surface area (TPSA) is 78.0 Å². The van der Waals surface area contributed by atoms with Crippen LogP contribution in [0.5, 0.6) is 0 Å². The number of rotatable bonds is 4. The summed E-state index contributed by atoms with van der Waals surface area (Å²) in [4.78, 5) is 3.90. The Balaban J connectivity index is 1.80. The minimum Gasteiger partial charge on any atom is -0.444 e. The van der Waals surface area contributed by atoms with Gasteiger partial charge >= 0.3 is 6.18 Å². The third-order valence-corrected chi connectivity index (χ3v) is 5.54. The summed E-state index contributed by atoms with van der Waals surface area (Å²) >= 11 is 0. The van der Waals surface area contributed by atoms with Crippen molar-refractivity contribution in [3.05, 3.63) is 72.9 Å². The molecule has 10 heteroatoms. The van der Waals surface area contributed by atoms with Crippen molar-refractivity contribution in [2.45, 2.75) is 11.1 Å². The molecule has 6 nitrogen and oxygen atoms in total. The minimum absolute atomic E-state index is 0.0624. The molecule has 0 aliphatic carbocycles. The van der Waals surface area contributed by atoms with Gasteiger partial charge in [-0.1, -0.05) is 24.3 Å². The summed E-state index contributed by atoms with van der Waals surface area (Å²) < 4.78 is 69.6. The second-order valence-electron chi connectivity index (χ2n) is 6.53. The Kier molecular flexibility index (Phi) is 4.73. The quantitative estimate of drug-likeness (QED) is 0.469. The highest BCUT2D eigenvalue weighted by molar-refractivity contribution is 7.90. The molecule has 0 bridgehead atoms. The van der Waals surface area contributed by atoms with Gasteiger partial charge in [-0.3, -0.25) is 0 Å². The van der Waals surface area contributed by atoms with Crippen LogP contribution in [0.15, 0.2) is 76.5 Å². The van der Waals surface area contributed by atoms with Crippen molar-refractivity contribution in [3.63, 3.8) is 0 Å². The van der Waals surface area contributed by atoms with Crippen LogP contribution >= 0.6 is 0 Å². The zero-order valence-electron chi connectivity index (χ0n) is 15.5. The Hall–Kier alpha value is -3.40. The van der Waals surface area contributed by atoms with Crippen LogP contribution in [0.1, 0.15) is 5.69 Å². The summed E-state index contributed by atoms with van der Waals surface area (Å²) in [5.41, 5.74) is 0.666. The third-order valence-electron chi connectivity index (χ3n) is 4.41. The van der Waals surface area contributed by atoms with Gasteiger partial charge in [0.05, 0.1) is 22.5 Å². The highest BCUT2D eigenvalue weighted by Gasteiger charge is 2.35. The first-order chi connectivity index (χ1) is 14.1. The molecule has 154 valence electrons. The number of halogens is 3. The van der Waals surface area contributed by atoms with E-state index in [1.165, 1.54) is 36.9 Å². The van der Waals surface area contributed by atoms with E-state index in [2.05, 4.69) is 10.1 Å². The standard InChI is InChI=1S/C20H14F3N3O3S/c1-30(27,28)16-8-6-15(7-9-16)26-17(10-19(25-26)20(21,22)23)13-2-4-14(5-3-13)18-11-24-12-29-18/h2-12H,1H3. The molecule has 0 atom stereocenters. The number of sulfone groups is 1. The molecular weight excluding hydrogens is 419 g/mol. The molecule has 0 N–H and O–H groups in total. The average Bonchev–Trinajstić information content (AvgIpc) is 3.37. The van der Waals surface area contributed by atoms with Crippen LogP contribution < -0.4 is 0 Å². The number of oxazole rings is 1. The molecule has 0 radical (unpaired) electrons. The molecule has 0 saturated heterocycles. The van der Waals surface area contributed by atoms with Crippen molar-refractivity contribution in [1.82, 2.24) is 14.8 Å². The van der Waals surface area contributed by atoms with Crippen molar-refractivity contribution in [1.29, 1.82) is 0 Å². The Labute approximate surface area is 169 Å². The lowest BCUT2D eigenvalue weighted by atomic mass is 10.1. The van der Waals surface area contributed by atoms with Crippen LogP contribution in [-0.4, -0.2) is 29.4 Å². The Morgan fingerprint density at radius 1 is 0.967 bits per heavy atom. The minimum atomic E-state index is -4.63. The van der Waals surface area contributed by atoms with E-state index in [1.807, 2.05) is 0 Å². The fraction of sp³-hybridized carbons (Fsp3) is 0.100. The Morgan fingerprint density at radius 2 is 1.60 bits per heavy atom. The van der Waals surface area contributed by atoms with Crippen LogP contribution in [0.2, 0.25) is 0 Å². The van der Waals surface area contributed by atoms with Crippen LogP contribution in [0.4, 0.5) is 13.2 Å². The lowest BCUT2D eigenvalue weighted by molar-refractivity contribution is -0.141. The van der Waals surface area contributed by atoms with Crippen molar-refractivity contribution in [2.75, 3.05) is 6.26 Å². The largest absolute Gasteiger partial charge is 0.444 e. The number of hydrogen-bond acceptors (Lipinski definition) is 5. The molecule has 0 spiro atoms. The summed E-state index contributed by atoms with van der Waals surface area (Å²) in [6, 6.07) is 13.1. The smallest absolute Gasteiger partial charge is 0.435 e. The number of hydrogen-bond donors (Lipinski definition) is 0. The lowest BCUT2D eigenvalue weighted by Crippen LogP contribution is -2.07. The van der Waals surface area contributed by atoms with E-state index in [9.17, 15) is 21.6 Å². The molecule has 0 aliphatic rings. The summed E-state index contributed by atoms with van der Waals surface area (Å²) in [6.45, 7) is 0. The third kappa shape index (κ3) is 3.86. The van der Waals surface area contributed by atoms with Gasteiger partial charge in [0.15, 0.2) is 27.7 Å². The van der Waals surface area contributed by atoms with Gasteiger partial charge < -0.3 is 4.42 Å². The number of benzene rings is 2. The molecule has 0 aliphatic heterocycles. The SMILES string of the molecule is CS(=O)(=O)c1ccc(-n2nc(C(F)(F)F)cc2-c2ccc(-c3cnco3)cc2)cc1. The molecule has 0 saturated carbocycles. The second kappa shape index (κ2) is 7.13. The van der Waals surface area contributed by atoms with Gasteiger partial charge in [-0.25, -0.2) is 18.1 Å². The molecule has 30 heavy (non-hydrogen) atoms. The van der Waals surface area contributed by atoms with Gasteiger partial charge in [0, 0.05) is 17.4 Å². The van der Waals surface area contributed by atoms with Crippen LogP contribution in [0, 0.1) is 0 Å². The summed E-state index contributed by atoms with van der Waals surface area (Å²) in [5.74, 6) is 0.530. The molecule has 0 amide bonds. The average molecular weight is 433 g/mol. The molecule has 0 unspecified atom stereocenters. The maximum atomic E-state index is 13.3. The van der Waals surface area contributed by atoms with Crippen molar-refractivity contribution >= 4 is 9.84 Å². The Bertz CT molecular complexity index is 1280. The van der Waals surface area contributed by atoms with E-state index in [0.29, 0.717) is 17.0 Å². The van der Waals surface area contributed by atoms with Gasteiger partial charge in [0.2, 0.25) is 0 Å². The van der Waals surface area contributed by atoms with E-state index in [1.54, 1.807) is 24.3 Å². The van der Waals surface area contributed by atoms with E-state index >= 15 is 0 Å². The summed E-state index contributed by atoms with van der Waals surface area (Å²) in [5, 5.41) is 3.71. The fourth-order valence-corrected chi connectivity index (χ4v) is 3.55. The number of alkyl halides is 3. The Morgan fingerprint density at radius 3 is 2.13 bits per heavy atom. The molecule has 2 aromatic carbocycles. The zero-order valence-corrected chi connectivity index (χ0v) is 16.3.